The number of imidazole rings is 1. The van der Waals surface area contributed by atoms with E-state index in [1.54, 1.807) is 12.5 Å². The van der Waals surface area contributed by atoms with E-state index in [-0.39, 0.29) is 24.3 Å². The lowest BCUT2D eigenvalue weighted by atomic mass is 10.1. The van der Waals surface area contributed by atoms with Crippen LogP contribution in [0.2, 0.25) is 0 Å². The molecule has 2 amide bonds. The highest BCUT2D eigenvalue weighted by Crippen LogP contribution is 2.21. The maximum atomic E-state index is 11.9. The molecule has 0 aliphatic heterocycles. The molecule has 7 heteroatoms. The summed E-state index contributed by atoms with van der Waals surface area (Å²) >= 11 is 1.52. The second kappa shape index (κ2) is 6.85. The van der Waals surface area contributed by atoms with E-state index in [2.05, 4.69) is 20.6 Å². The standard InChI is InChI=1S/C13H16N4O2S/c1-9(18)17-11(12-3-2-4-20-12)5-13(19)15-7-10-6-14-8-16-10/h2-4,6,8,11H,5,7H2,1H3,(H,14,16)(H,15,19)(H,17,18). The van der Waals surface area contributed by atoms with E-state index >= 15 is 0 Å². The molecule has 6 nitrogen and oxygen atoms in total. The molecule has 0 radical (unpaired) electrons. The molecule has 1 unspecified atom stereocenters. The van der Waals surface area contributed by atoms with E-state index < -0.39 is 0 Å². The van der Waals surface area contributed by atoms with Gasteiger partial charge in [-0.3, -0.25) is 9.59 Å². The van der Waals surface area contributed by atoms with Gasteiger partial charge in [0, 0.05) is 18.0 Å². The molecule has 20 heavy (non-hydrogen) atoms. The third kappa shape index (κ3) is 4.20. The van der Waals surface area contributed by atoms with Crippen LogP contribution in [-0.2, 0) is 16.1 Å². The average molecular weight is 292 g/mol. The first-order chi connectivity index (χ1) is 9.65. The van der Waals surface area contributed by atoms with Crippen LogP contribution in [0.1, 0.15) is 30.0 Å². The first-order valence-corrected chi connectivity index (χ1v) is 7.07. The molecule has 106 valence electrons. The first-order valence-electron chi connectivity index (χ1n) is 6.19. The molecular formula is C13H16N4O2S. The molecular weight excluding hydrogens is 276 g/mol. The van der Waals surface area contributed by atoms with Gasteiger partial charge in [0.15, 0.2) is 0 Å². The minimum absolute atomic E-state index is 0.119. The number of rotatable bonds is 6. The lowest BCUT2D eigenvalue weighted by Crippen LogP contribution is -2.32. The van der Waals surface area contributed by atoms with Crippen LogP contribution < -0.4 is 10.6 Å². The molecule has 0 bridgehead atoms. The quantitative estimate of drug-likeness (QED) is 0.751. The summed E-state index contributed by atoms with van der Waals surface area (Å²) < 4.78 is 0. The molecule has 1 atom stereocenters. The summed E-state index contributed by atoms with van der Waals surface area (Å²) in [5.41, 5.74) is 0.838. The number of nitrogens with one attached hydrogen (secondary N) is 3. The second-order valence-electron chi connectivity index (χ2n) is 4.33. The van der Waals surface area contributed by atoms with E-state index in [4.69, 9.17) is 0 Å². The fourth-order valence-electron chi connectivity index (χ4n) is 1.79. The van der Waals surface area contributed by atoms with E-state index in [1.807, 2.05) is 17.5 Å². The fraction of sp³-hybridized carbons (Fsp3) is 0.308. The number of aromatic amines is 1. The number of amides is 2. The van der Waals surface area contributed by atoms with Crippen molar-refractivity contribution in [3.63, 3.8) is 0 Å². The monoisotopic (exact) mass is 292 g/mol. The summed E-state index contributed by atoms with van der Waals surface area (Å²) in [7, 11) is 0. The maximum absolute atomic E-state index is 11.9. The van der Waals surface area contributed by atoms with Crippen LogP contribution in [-0.4, -0.2) is 21.8 Å². The number of carbonyl (C=O) groups is 2. The molecule has 2 heterocycles. The van der Waals surface area contributed by atoms with Crippen molar-refractivity contribution in [3.05, 3.63) is 40.6 Å². The van der Waals surface area contributed by atoms with Crippen LogP contribution in [0.3, 0.4) is 0 Å². The normalized spacial score (nSPS) is 11.8. The lowest BCUT2D eigenvalue weighted by Gasteiger charge is -2.16. The summed E-state index contributed by atoms with van der Waals surface area (Å²) in [5, 5.41) is 7.51. The number of hydrogen-bond donors (Lipinski definition) is 3. The Morgan fingerprint density at radius 2 is 2.35 bits per heavy atom. The van der Waals surface area contributed by atoms with Gasteiger partial charge in [-0.1, -0.05) is 6.07 Å². The number of H-pyrrole nitrogens is 1. The summed E-state index contributed by atoms with van der Waals surface area (Å²) in [6.07, 6.45) is 3.44. The molecule has 0 spiro atoms. The molecule has 2 aromatic rings. The Bertz CT molecular complexity index is 551. The number of aromatic nitrogens is 2. The largest absolute Gasteiger partial charge is 0.350 e. The van der Waals surface area contributed by atoms with Crippen molar-refractivity contribution >= 4 is 23.2 Å². The van der Waals surface area contributed by atoms with Gasteiger partial charge in [-0.25, -0.2) is 4.98 Å². The SMILES string of the molecule is CC(=O)NC(CC(=O)NCc1cnc[nH]1)c1cccs1. The van der Waals surface area contributed by atoms with Crippen molar-refractivity contribution < 1.29 is 9.59 Å². The molecule has 0 aliphatic carbocycles. The zero-order chi connectivity index (χ0) is 14.4. The first kappa shape index (κ1) is 14.3. The van der Waals surface area contributed by atoms with Crippen molar-refractivity contribution in [3.8, 4) is 0 Å². The minimum atomic E-state index is -0.283. The minimum Gasteiger partial charge on any atom is -0.350 e. The summed E-state index contributed by atoms with van der Waals surface area (Å²) in [5.74, 6) is -0.267. The van der Waals surface area contributed by atoms with Crippen LogP contribution >= 0.6 is 11.3 Å². The zero-order valence-electron chi connectivity index (χ0n) is 11.1. The number of nitrogens with zero attached hydrogens (tertiary/aromatic N) is 1. The van der Waals surface area contributed by atoms with E-state index in [0.29, 0.717) is 6.54 Å². The number of hydrogen-bond acceptors (Lipinski definition) is 4. The van der Waals surface area contributed by atoms with Gasteiger partial charge < -0.3 is 15.6 Å². The van der Waals surface area contributed by atoms with Gasteiger partial charge >= 0.3 is 0 Å². The number of thiophene rings is 1. The van der Waals surface area contributed by atoms with Crippen LogP contribution in [0.5, 0.6) is 0 Å². The highest BCUT2D eigenvalue weighted by atomic mass is 32.1. The van der Waals surface area contributed by atoms with Crippen LogP contribution in [0.15, 0.2) is 30.0 Å². The highest BCUT2D eigenvalue weighted by Gasteiger charge is 2.17. The Kier molecular flexibility index (Phi) is 4.89. The third-order valence-electron chi connectivity index (χ3n) is 2.68. The van der Waals surface area contributed by atoms with Crippen LogP contribution in [0.25, 0.3) is 0 Å². The predicted octanol–water partition coefficient (Wildman–Crippen LogP) is 1.35. The Morgan fingerprint density at radius 3 is 2.95 bits per heavy atom. The molecule has 0 saturated carbocycles. The molecule has 0 aromatic carbocycles. The molecule has 2 rings (SSSR count). The summed E-state index contributed by atoms with van der Waals surface area (Å²) in [6, 6.07) is 3.53. The van der Waals surface area contributed by atoms with Gasteiger partial charge in [-0.2, -0.15) is 0 Å². The molecule has 0 aliphatic rings. The smallest absolute Gasteiger partial charge is 0.222 e. The second-order valence-corrected chi connectivity index (χ2v) is 5.31. The van der Waals surface area contributed by atoms with Crippen molar-refractivity contribution in [1.82, 2.24) is 20.6 Å². The lowest BCUT2D eigenvalue weighted by molar-refractivity contribution is -0.122. The van der Waals surface area contributed by atoms with E-state index in [0.717, 1.165) is 10.6 Å². The van der Waals surface area contributed by atoms with Crippen molar-refractivity contribution in [2.24, 2.45) is 0 Å². The van der Waals surface area contributed by atoms with E-state index in [1.165, 1.54) is 18.3 Å². The maximum Gasteiger partial charge on any atom is 0.222 e. The van der Waals surface area contributed by atoms with Crippen LogP contribution in [0, 0.1) is 0 Å². The average Bonchev–Trinajstić information content (AvgIpc) is 3.08. The van der Waals surface area contributed by atoms with Gasteiger partial charge in [0.05, 0.1) is 31.0 Å². The Hall–Kier alpha value is -2.15. The molecule has 0 saturated heterocycles. The van der Waals surface area contributed by atoms with Gasteiger partial charge in [0.25, 0.3) is 0 Å². The van der Waals surface area contributed by atoms with Crippen molar-refractivity contribution in [2.45, 2.75) is 25.9 Å². The Labute approximate surface area is 120 Å². The van der Waals surface area contributed by atoms with Gasteiger partial charge in [-0.05, 0) is 11.4 Å². The Morgan fingerprint density at radius 1 is 1.50 bits per heavy atom. The van der Waals surface area contributed by atoms with Crippen molar-refractivity contribution in [1.29, 1.82) is 0 Å². The predicted molar refractivity (Wildman–Crippen MR) is 75.9 cm³/mol. The highest BCUT2D eigenvalue weighted by molar-refractivity contribution is 7.10. The van der Waals surface area contributed by atoms with Gasteiger partial charge in [0.2, 0.25) is 11.8 Å². The molecule has 2 aromatic heterocycles. The zero-order valence-corrected chi connectivity index (χ0v) is 11.9. The third-order valence-corrected chi connectivity index (χ3v) is 3.67. The summed E-state index contributed by atoms with van der Waals surface area (Å²) in [6.45, 7) is 1.85. The Balaban J connectivity index is 1.90. The fourth-order valence-corrected chi connectivity index (χ4v) is 2.57. The topological polar surface area (TPSA) is 86.9 Å². The molecule has 3 N–H and O–H groups in total. The van der Waals surface area contributed by atoms with E-state index in [9.17, 15) is 9.59 Å². The number of carbonyl (C=O) groups excluding carboxylic acids is 2. The van der Waals surface area contributed by atoms with Gasteiger partial charge in [-0.15, -0.1) is 11.3 Å². The summed E-state index contributed by atoms with van der Waals surface area (Å²) in [4.78, 5) is 30.9. The van der Waals surface area contributed by atoms with Crippen molar-refractivity contribution in [2.75, 3.05) is 0 Å². The van der Waals surface area contributed by atoms with Crippen LogP contribution in [0.4, 0.5) is 0 Å². The van der Waals surface area contributed by atoms with Gasteiger partial charge in [0.1, 0.15) is 0 Å². The molecule has 0 fully saturated rings.